The molecule has 0 aliphatic heterocycles. The molecule has 5 nitrogen and oxygen atoms in total. The van der Waals surface area contributed by atoms with E-state index >= 15 is 0 Å². The van der Waals surface area contributed by atoms with Crippen LogP contribution in [-0.4, -0.2) is 37.7 Å². The van der Waals surface area contributed by atoms with Gasteiger partial charge in [0.1, 0.15) is 6.54 Å². The molecule has 1 aliphatic carbocycles. The van der Waals surface area contributed by atoms with Crippen LogP contribution >= 0.6 is 0 Å². The van der Waals surface area contributed by atoms with Gasteiger partial charge in [0.2, 0.25) is 6.41 Å². The molecule has 2 N–H and O–H groups in total. The Morgan fingerprint density at radius 2 is 1.65 bits per heavy atom. The van der Waals surface area contributed by atoms with E-state index in [0.29, 0.717) is 12.3 Å². The number of fused-ring (bicyclic) bond motifs is 3. The second kappa shape index (κ2) is 8.10. The Bertz CT molecular complexity index is 639. The highest BCUT2D eigenvalue weighted by molar-refractivity contribution is 5.78. The van der Waals surface area contributed by atoms with Crippen molar-refractivity contribution in [3.8, 4) is 11.1 Å². The molecule has 0 heterocycles. The van der Waals surface area contributed by atoms with Crippen LogP contribution in [0.5, 0.6) is 0 Å². The standard InChI is InChI=1S/C15H14O.C3H5NO3/c1-16-10-15-13-8-4-2-6-11(13)12-7-3-5-9-14(12)15;5-2-4-1-3(6)7/h2-9,15H,10H2,1H3;2H,1H2,(H,4,5)(H,6,7). The van der Waals surface area contributed by atoms with Crippen LogP contribution < -0.4 is 5.32 Å². The molecule has 0 saturated heterocycles. The number of methoxy groups -OCH3 is 1. The lowest BCUT2D eigenvalue weighted by Gasteiger charge is -2.11. The predicted octanol–water partition coefficient (Wildman–Crippen LogP) is 2.26. The number of hydrogen-bond acceptors (Lipinski definition) is 3. The van der Waals surface area contributed by atoms with E-state index in [1.165, 1.54) is 22.3 Å². The van der Waals surface area contributed by atoms with Gasteiger partial charge in [-0.25, -0.2) is 0 Å². The average Bonchev–Trinajstić information content (AvgIpc) is 2.89. The topological polar surface area (TPSA) is 75.6 Å². The van der Waals surface area contributed by atoms with Crippen molar-refractivity contribution in [2.45, 2.75) is 5.92 Å². The molecule has 0 unspecified atom stereocenters. The minimum atomic E-state index is -1.04. The number of benzene rings is 2. The number of carboxylic acids is 1. The fourth-order valence-corrected chi connectivity index (χ4v) is 2.74. The maximum absolute atomic E-state index is 9.54. The fraction of sp³-hybridized carbons (Fsp3) is 0.222. The summed E-state index contributed by atoms with van der Waals surface area (Å²) in [7, 11) is 1.77. The molecule has 0 aromatic heterocycles. The van der Waals surface area contributed by atoms with Gasteiger partial charge >= 0.3 is 5.97 Å². The van der Waals surface area contributed by atoms with Gasteiger partial charge < -0.3 is 15.2 Å². The van der Waals surface area contributed by atoms with Gasteiger partial charge in [-0.2, -0.15) is 0 Å². The van der Waals surface area contributed by atoms with Crippen LogP contribution in [0, 0.1) is 0 Å². The number of carbonyl (C=O) groups excluding carboxylic acids is 1. The number of hydrogen-bond donors (Lipinski definition) is 2. The smallest absolute Gasteiger partial charge is 0.322 e. The van der Waals surface area contributed by atoms with Crippen molar-refractivity contribution in [2.75, 3.05) is 20.3 Å². The molecule has 0 radical (unpaired) electrons. The van der Waals surface area contributed by atoms with Crippen LogP contribution in [0.4, 0.5) is 0 Å². The Morgan fingerprint density at radius 3 is 2.04 bits per heavy atom. The van der Waals surface area contributed by atoms with Gasteiger partial charge in [0.25, 0.3) is 0 Å². The van der Waals surface area contributed by atoms with Gasteiger partial charge in [0.15, 0.2) is 0 Å². The summed E-state index contributed by atoms with van der Waals surface area (Å²) in [4.78, 5) is 18.9. The van der Waals surface area contributed by atoms with E-state index in [9.17, 15) is 9.59 Å². The van der Waals surface area contributed by atoms with E-state index in [1.807, 2.05) is 5.32 Å². The molecule has 3 rings (SSSR count). The lowest BCUT2D eigenvalue weighted by Crippen LogP contribution is -2.20. The van der Waals surface area contributed by atoms with Crippen molar-refractivity contribution in [2.24, 2.45) is 0 Å². The Balaban J connectivity index is 0.000000236. The number of nitrogens with one attached hydrogen (secondary N) is 1. The Morgan fingerprint density at radius 1 is 1.13 bits per heavy atom. The van der Waals surface area contributed by atoms with Crippen molar-refractivity contribution >= 4 is 12.4 Å². The zero-order chi connectivity index (χ0) is 16.7. The van der Waals surface area contributed by atoms with Crippen molar-refractivity contribution < 1.29 is 19.4 Å². The molecular formula is C18H19NO4. The highest BCUT2D eigenvalue weighted by Crippen LogP contribution is 2.44. The van der Waals surface area contributed by atoms with E-state index in [1.54, 1.807) is 7.11 Å². The van der Waals surface area contributed by atoms with Crippen molar-refractivity contribution in [3.05, 3.63) is 59.7 Å². The molecule has 0 bridgehead atoms. The number of carboxylic acid groups (broad SMARTS) is 1. The van der Waals surface area contributed by atoms with Crippen molar-refractivity contribution in [1.82, 2.24) is 5.32 Å². The normalized spacial score (nSPS) is 11.7. The van der Waals surface area contributed by atoms with Crippen LogP contribution in [0.3, 0.4) is 0 Å². The van der Waals surface area contributed by atoms with Gasteiger partial charge in [-0.15, -0.1) is 0 Å². The number of aliphatic carboxylic acids is 1. The Kier molecular flexibility index (Phi) is 5.88. The summed E-state index contributed by atoms with van der Waals surface area (Å²) >= 11 is 0. The molecule has 2 aromatic rings. The van der Waals surface area contributed by atoms with Crippen molar-refractivity contribution in [3.63, 3.8) is 0 Å². The summed E-state index contributed by atoms with van der Waals surface area (Å²) in [6, 6.07) is 17.2. The maximum atomic E-state index is 9.54. The zero-order valence-corrected chi connectivity index (χ0v) is 12.9. The van der Waals surface area contributed by atoms with Crippen LogP contribution in [-0.2, 0) is 14.3 Å². The number of rotatable bonds is 5. The summed E-state index contributed by atoms with van der Waals surface area (Å²) < 4.78 is 5.34. The maximum Gasteiger partial charge on any atom is 0.322 e. The highest BCUT2D eigenvalue weighted by Gasteiger charge is 2.27. The first-order chi connectivity index (χ1) is 11.2. The molecule has 2 aromatic carbocycles. The quantitative estimate of drug-likeness (QED) is 0.830. The SMILES string of the molecule is COCC1c2ccccc2-c2ccccc21.O=CNCC(=O)O. The first kappa shape index (κ1) is 16.7. The third-order valence-electron chi connectivity index (χ3n) is 3.63. The fourth-order valence-electron chi connectivity index (χ4n) is 2.74. The van der Waals surface area contributed by atoms with Gasteiger partial charge in [0, 0.05) is 13.0 Å². The van der Waals surface area contributed by atoms with Crippen LogP contribution in [0.25, 0.3) is 11.1 Å². The summed E-state index contributed by atoms with van der Waals surface area (Å²) in [5.74, 6) is -0.635. The molecule has 0 saturated carbocycles. The van der Waals surface area contributed by atoms with Gasteiger partial charge in [0.05, 0.1) is 6.61 Å². The van der Waals surface area contributed by atoms with Crippen LogP contribution in [0.2, 0.25) is 0 Å². The molecule has 0 atom stereocenters. The second-order valence-electron chi connectivity index (χ2n) is 5.07. The third kappa shape index (κ3) is 3.96. The summed E-state index contributed by atoms with van der Waals surface area (Å²) in [6.07, 6.45) is 0.341. The summed E-state index contributed by atoms with van der Waals surface area (Å²) in [5.41, 5.74) is 5.51. The zero-order valence-electron chi connectivity index (χ0n) is 12.9. The largest absolute Gasteiger partial charge is 0.480 e. The minimum absolute atomic E-state index is 0.302. The highest BCUT2D eigenvalue weighted by atomic mass is 16.5. The molecule has 5 heteroatoms. The number of amides is 1. The van der Waals surface area contributed by atoms with E-state index in [0.717, 1.165) is 6.61 Å². The Labute approximate surface area is 134 Å². The molecule has 0 spiro atoms. The summed E-state index contributed by atoms with van der Waals surface area (Å²) in [6.45, 7) is 0.456. The average molecular weight is 313 g/mol. The summed E-state index contributed by atoms with van der Waals surface area (Å²) in [5, 5.41) is 9.79. The van der Waals surface area contributed by atoms with E-state index < -0.39 is 5.97 Å². The number of ether oxygens (including phenoxy) is 1. The van der Waals surface area contributed by atoms with Crippen molar-refractivity contribution in [1.29, 1.82) is 0 Å². The molecule has 23 heavy (non-hydrogen) atoms. The predicted molar refractivity (Wildman–Crippen MR) is 87.3 cm³/mol. The lowest BCUT2D eigenvalue weighted by molar-refractivity contribution is -0.136. The molecule has 1 aliphatic rings. The van der Waals surface area contributed by atoms with E-state index in [-0.39, 0.29) is 6.54 Å². The lowest BCUT2D eigenvalue weighted by atomic mass is 9.98. The molecular weight excluding hydrogens is 294 g/mol. The van der Waals surface area contributed by atoms with Crippen LogP contribution in [0.15, 0.2) is 48.5 Å². The first-order valence-electron chi connectivity index (χ1n) is 7.25. The van der Waals surface area contributed by atoms with Gasteiger partial charge in [-0.05, 0) is 22.3 Å². The Hall–Kier alpha value is -2.66. The first-order valence-corrected chi connectivity index (χ1v) is 7.25. The van der Waals surface area contributed by atoms with Gasteiger partial charge in [-0.1, -0.05) is 48.5 Å². The third-order valence-corrected chi connectivity index (χ3v) is 3.63. The van der Waals surface area contributed by atoms with Crippen LogP contribution in [0.1, 0.15) is 17.0 Å². The minimum Gasteiger partial charge on any atom is -0.480 e. The van der Waals surface area contributed by atoms with Gasteiger partial charge in [-0.3, -0.25) is 9.59 Å². The number of carbonyl (C=O) groups is 2. The molecule has 120 valence electrons. The van der Waals surface area contributed by atoms with E-state index in [4.69, 9.17) is 9.84 Å². The second-order valence-corrected chi connectivity index (χ2v) is 5.07. The molecule has 1 amide bonds. The van der Waals surface area contributed by atoms with E-state index in [2.05, 4.69) is 48.5 Å². The monoisotopic (exact) mass is 313 g/mol. The molecule has 0 fully saturated rings.